The maximum atomic E-state index is 12.6. The Morgan fingerprint density at radius 2 is 2.12 bits per heavy atom. The van der Waals surface area contributed by atoms with Gasteiger partial charge in [-0.3, -0.25) is 4.79 Å². The van der Waals surface area contributed by atoms with Gasteiger partial charge in [-0.25, -0.2) is 0 Å². The van der Waals surface area contributed by atoms with Gasteiger partial charge in [0.15, 0.2) is 11.6 Å². The largest absolute Gasteiger partial charge is 0.395 e. The molecule has 0 saturated carbocycles. The molecule has 3 rings (SSSR count). The van der Waals surface area contributed by atoms with Gasteiger partial charge in [0.1, 0.15) is 0 Å². The van der Waals surface area contributed by atoms with Crippen LogP contribution in [0.3, 0.4) is 0 Å². The molecule has 1 aromatic carbocycles. The van der Waals surface area contributed by atoms with Crippen LogP contribution in [0.4, 0.5) is 0 Å². The predicted molar refractivity (Wildman–Crippen MR) is 96.2 cm³/mol. The number of nitrogens with two attached hydrogens (primary N) is 1. The van der Waals surface area contributed by atoms with E-state index in [1.807, 2.05) is 4.57 Å². The number of carbonyl (C=O) groups excluding carboxylic acids is 1. The Bertz CT molecular complexity index is 817. The Kier molecular flexibility index (Phi) is 4.92. The summed E-state index contributed by atoms with van der Waals surface area (Å²) in [5.41, 5.74) is 7.05. The van der Waals surface area contributed by atoms with E-state index in [9.17, 15) is 4.79 Å². The van der Waals surface area contributed by atoms with Crippen molar-refractivity contribution in [2.24, 2.45) is 5.73 Å². The molecule has 2 aromatic rings. The average molecular weight is 362 g/mol. The van der Waals surface area contributed by atoms with Crippen molar-refractivity contribution in [1.82, 2.24) is 19.7 Å². The van der Waals surface area contributed by atoms with Crippen molar-refractivity contribution in [3.63, 3.8) is 0 Å². The smallest absolute Gasteiger partial charge is 0.255 e. The first-order valence-corrected chi connectivity index (χ1v) is 8.62. The molecule has 1 aliphatic heterocycles. The van der Waals surface area contributed by atoms with Crippen LogP contribution >= 0.6 is 23.4 Å². The fourth-order valence-corrected chi connectivity index (χ4v) is 3.09. The zero-order chi connectivity index (χ0) is 17.1. The highest BCUT2D eigenvalue weighted by Crippen LogP contribution is 2.22. The molecule has 0 unspecified atom stereocenters. The Labute approximate surface area is 149 Å². The lowest BCUT2D eigenvalue weighted by atomic mass is 10.2. The first kappa shape index (κ1) is 16.6. The summed E-state index contributed by atoms with van der Waals surface area (Å²) in [6.07, 6.45) is 0. The molecule has 2 heterocycles. The van der Waals surface area contributed by atoms with E-state index in [0.29, 0.717) is 47.6 Å². The van der Waals surface area contributed by atoms with Crippen molar-refractivity contribution in [2.75, 3.05) is 6.54 Å². The van der Waals surface area contributed by atoms with E-state index in [0.717, 1.165) is 0 Å². The molecule has 0 bridgehead atoms. The fraction of sp³-hybridized carbons (Fsp3) is 0.188. The van der Waals surface area contributed by atoms with Gasteiger partial charge >= 0.3 is 0 Å². The molecule has 0 atom stereocenters. The van der Waals surface area contributed by atoms with E-state index >= 15 is 0 Å². The number of rotatable bonds is 4. The molecule has 0 fully saturated rings. The summed E-state index contributed by atoms with van der Waals surface area (Å²) in [4.78, 5) is 14.4. The zero-order valence-electron chi connectivity index (χ0n) is 12.9. The summed E-state index contributed by atoms with van der Waals surface area (Å²) in [7, 11) is 0. The summed E-state index contributed by atoms with van der Waals surface area (Å²) in [5.74, 6) is 1.21. The number of aromatic nitrogens is 3. The van der Waals surface area contributed by atoms with Crippen LogP contribution in [0.15, 0.2) is 41.7 Å². The number of carbonyl (C=O) groups is 1. The van der Waals surface area contributed by atoms with Crippen LogP contribution in [-0.2, 0) is 13.1 Å². The van der Waals surface area contributed by atoms with E-state index in [1.165, 1.54) is 11.8 Å². The van der Waals surface area contributed by atoms with Gasteiger partial charge in [-0.05, 0) is 17.5 Å². The summed E-state index contributed by atoms with van der Waals surface area (Å²) in [5, 5.41) is 12.2. The number of fused-ring (bicyclic) bond motifs is 1. The minimum Gasteiger partial charge on any atom is -0.395 e. The Hall–Kier alpha value is -2.25. The van der Waals surface area contributed by atoms with Gasteiger partial charge in [0.05, 0.1) is 22.8 Å². The third-order valence-electron chi connectivity index (χ3n) is 3.69. The lowest BCUT2D eigenvalue weighted by Crippen LogP contribution is -2.39. The van der Waals surface area contributed by atoms with Gasteiger partial charge < -0.3 is 15.2 Å². The van der Waals surface area contributed by atoms with Crippen LogP contribution in [0.2, 0.25) is 5.02 Å². The molecule has 0 saturated heterocycles. The average Bonchev–Trinajstić information content (AvgIpc) is 3.02. The van der Waals surface area contributed by atoms with Crippen LogP contribution in [0.1, 0.15) is 22.0 Å². The number of hydrogen-bond donors (Lipinski definition) is 1. The molecule has 1 amide bonds. The van der Waals surface area contributed by atoms with E-state index < -0.39 is 0 Å². The van der Waals surface area contributed by atoms with Gasteiger partial charge in [0.2, 0.25) is 0 Å². The highest BCUT2D eigenvalue weighted by molar-refractivity contribution is 8.05. The number of halogens is 1. The molecule has 1 aromatic heterocycles. The fourth-order valence-electron chi connectivity index (χ4n) is 2.52. The van der Waals surface area contributed by atoms with E-state index in [1.54, 1.807) is 40.0 Å². The van der Waals surface area contributed by atoms with Gasteiger partial charge in [-0.2, -0.15) is 0 Å². The topological polar surface area (TPSA) is 77.0 Å². The molecule has 1 aliphatic rings. The predicted octanol–water partition coefficient (Wildman–Crippen LogP) is 2.72. The minimum absolute atomic E-state index is 0.109. The van der Waals surface area contributed by atoms with Gasteiger partial charge in [-0.1, -0.05) is 30.3 Å². The second-order valence-corrected chi connectivity index (χ2v) is 6.42. The van der Waals surface area contributed by atoms with E-state index in [2.05, 4.69) is 16.8 Å². The number of thioether (sulfide) groups is 1. The molecule has 0 radical (unpaired) electrons. The number of hydrogen-bond acceptors (Lipinski definition) is 5. The maximum absolute atomic E-state index is 12.6. The third-order valence-corrected chi connectivity index (χ3v) is 4.61. The molecule has 0 aliphatic carbocycles. The second kappa shape index (κ2) is 7.11. The van der Waals surface area contributed by atoms with Crippen molar-refractivity contribution in [1.29, 1.82) is 0 Å². The molecule has 2 N–H and O–H groups in total. The number of benzene rings is 1. The Balaban J connectivity index is 1.81. The molecule has 124 valence electrons. The van der Waals surface area contributed by atoms with E-state index in [-0.39, 0.29) is 5.91 Å². The van der Waals surface area contributed by atoms with E-state index in [4.69, 9.17) is 17.3 Å². The molecular weight excluding hydrogens is 346 g/mol. The van der Waals surface area contributed by atoms with Crippen LogP contribution in [0.25, 0.3) is 5.70 Å². The van der Waals surface area contributed by atoms with Crippen LogP contribution in [-0.4, -0.2) is 32.1 Å². The van der Waals surface area contributed by atoms with Gasteiger partial charge in [0, 0.05) is 18.5 Å². The molecule has 8 heteroatoms. The lowest BCUT2D eigenvalue weighted by molar-refractivity contribution is 0.0707. The van der Waals surface area contributed by atoms with Crippen LogP contribution in [0, 0.1) is 0 Å². The normalized spacial score (nSPS) is 14.4. The maximum Gasteiger partial charge on any atom is 0.255 e. The second-order valence-electron chi connectivity index (χ2n) is 5.17. The van der Waals surface area contributed by atoms with Crippen molar-refractivity contribution < 1.29 is 4.79 Å². The summed E-state index contributed by atoms with van der Waals surface area (Å²) in [6, 6.07) is 7.03. The van der Waals surface area contributed by atoms with Crippen molar-refractivity contribution in [3.05, 3.63) is 63.9 Å². The lowest BCUT2D eigenvalue weighted by Gasteiger charge is -2.28. The molecule has 6 nitrogen and oxygen atoms in total. The quantitative estimate of drug-likeness (QED) is 0.906. The first-order valence-electron chi connectivity index (χ1n) is 7.30. The Morgan fingerprint density at radius 1 is 1.33 bits per heavy atom. The monoisotopic (exact) mass is 361 g/mol. The highest BCUT2D eigenvalue weighted by atomic mass is 35.5. The number of amides is 1. The SMILES string of the molecule is C=CS/C=C(\N)c1nnc2n1CCN(C(=O)c1ccccc1Cl)C2. The van der Waals surface area contributed by atoms with Crippen molar-refractivity contribution >= 4 is 35.0 Å². The number of nitrogens with zero attached hydrogens (tertiary/aromatic N) is 4. The van der Waals surface area contributed by atoms with Crippen molar-refractivity contribution in [2.45, 2.75) is 13.1 Å². The van der Waals surface area contributed by atoms with Crippen molar-refractivity contribution in [3.8, 4) is 0 Å². The zero-order valence-corrected chi connectivity index (χ0v) is 14.4. The third kappa shape index (κ3) is 3.18. The molecule has 24 heavy (non-hydrogen) atoms. The summed E-state index contributed by atoms with van der Waals surface area (Å²) in [6.45, 7) is 5.14. The Morgan fingerprint density at radius 3 is 2.88 bits per heavy atom. The van der Waals surface area contributed by atoms with Crippen LogP contribution < -0.4 is 5.73 Å². The molecular formula is C16H16ClN5OS. The highest BCUT2D eigenvalue weighted by Gasteiger charge is 2.26. The summed E-state index contributed by atoms with van der Waals surface area (Å²) >= 11 is 7.50. The van der Waals surface area contributed by atoms with Gasteiger partial charge in [0.25, 0.3) is 5.91 Å². The summed E-state index contributed by atoms with van der Waals surface area (Å²) < 4.78 is 1.94. The first-order chi connectivity index (χ1) is 11.6. The minimum atomic E-state index is -0.109. The standard InChI is InChI=1S/C16H16ClN5OS/c1-2-24-10-13(18)15-20-19-14-9-21(7-8-22(14)15)16(23)11-5-3-4-6-12(11)17/h2-6,10H,1,7-9,18H2/b13-10-. The van der Waals surface area contributed by atoms with Gasteiger partial charge in [-0.15, -0.1) is 22.0 Å². The van der Waals surface area contributed by atoms with Crippen LogP contribution in [0.5, 0.6) is 0 Å². The molecule has 0 spiro atoms.